The summed E-state index contributed by atoms with van der Waals surface area (Å²) in [5.74, 6) is 0.208. The average molecular weight is 465 g/mol. The Hall–Kier alpha value is -2.86. The Morgan fingerprint density at radius 3 is 2.53 bits per heavy atom. The minimum Gasteiger partial charge on any atom is -0.352 e. The van der Waals surface area contributed by atoms with Crippen molar-refractivity contribution >= 4 is 17.6 Å². The average Bonchev–Trinajstić information content (AvgIpc) is 2.89. The number of urea groups is 1. The van der Waals surface area contributed by atoms with Crippen molar-refractivity contribution in [2.24, 2.45) is 0 Å². The molecule has 1 aliphatic heterocycles. The van der Waals surface area contributed by atoms with Gasteiger partial charge in [-0.1, -0.05) is 45.0 Å². The number of anilines is 1. The molecule has 1 fully saturated rings. The van der Waals surface area contributed by atoms with Gasteiger partial charge in [-0.25, -0.2) is 4.79 Å². The summed E-state index contributed by atoms with van der Waals surface area (Å²) in [7, 11) is 0. The zero-order valence-electron chi connectivity index (χ0n) is 21.0. The number of amides is 3. The molecule has 0 aromatic heterocycles. The van der Waals surface area contributed by atoms with Gasteiger partial charge in [-0.05, 0) is 80.7 Å². The van der Waals surface area contributed by atoms with E-state index in [1.165, 1.54) is 5.56 Å². The van der Waals surface area contributed by atoms with Crippen LogP contribution in [0.1, 0.15) is 67.4 Å². The zero-order valence-corrected chi connectivity index (χ0v) is 21.0. The first-order chi connectivity index (χ1) is 16.5. The van der Waals surface area contributed by atoms with E-state index in [4.69, 9.17) is 0 Å². The van der Waals surface area contributed by atoms with Crippen LogP contribution in [0.25, 0.3) is 0 Å². The molecule has 3 amide bonds. The second-order valence-corrected chi connectivity index (χ2v) is 9.03. The van der Waals surface area contributed by atoms with Crippen molar-refractivity contribution in [2.45, 2.75) is 52.4 Å². The van der Waals surface area contributed by atoms with Crippen LogP contribution in [-0.4, -0.2) is 61.0 Å². The van der Waals surface area contributed by atoms with Gasteiger partial charge in [0.25, 0.3) is 5.91 Å². The normalized spacial score (nSPS) is 15.9. The van der Waals surface area contributed by atoms with Crippen LogP contribution in [0.4, 0.5) is 10.5 Å². The van der Waals surface area contributed by atoms with E-state index in [1.54, 1.807) is 0 Å². The van der Waals surface area contributed by atoms with Crippen molar-refractivity contribution in [3.05, 3.63) is 65.2 Å². The van der Waals surface area contributed by atoms with Crippen LogP contribution in [-0.2, 0) is 6.42 Å². The molecule has 184 valence electrons. The van der Waals surface area contributed by atoms with E-state index in [0.29, 0.717) is 18.7 Å². The lowest BCUT2D eigenvalue weighted by Gasteiger charge is -2.33. The second kappa shape index (κ2) is 13.1. The number of carbonyl (C=O) groups excluding carboxylic acids is 2. The Kier molecular flexibility index (Phi) is 9.95. The first-order valence-corrected chi connectivity index (χ1v) is 12.8. The summed E-state index contributed by atoms with van der Waals surface area (Å²) in [4.78, 5) is 29.8. The number of hydrogen-bond donors (Lipinski definition) is 2. The predicted octanol–water partition coefficient (Wildman–Crippen LogP) is 5.12. The first-order valence-electron chi connectivity index (χ1n) is 12.8. The van der Waals surface area contributed by atoms with Crippen LogP contribution in [0.3, 0.4) is 0 Å². The number of likely N-dealkylation sites (tertiary alicyclic amines) is 1. The highest BCUT2D eigenvalue weighted by Crippen LogP contribution is 2.28. The number of carbonyl (C=O) groups is 2. The number of rotatable bonds is 10. The van der Waals surface area contributed by atoms with Gasteiger partial charge in [0.2, 0.25) is 0 Å². The van der Waals surface area contributed by atoms with Crippen LogP contribution in [0.2, 0.25) is 0 Å². The molecule has 34 heavy (non-hydrogen) atoms. The van der Waals surface area contributed by atoms with Gasteiger partial charge in [0.15, 0.2) is 0 Å². The zero-order chi connectivity index (χ0) is 24.3. The lowest BCUT2D eigenvalue weighted by atomic mass is 9.89. The molecule has 1 saturated heterocycles. The molecule has 1 atom stereocenters. The predicted molar refractivity (Wildman–Crippen MR) is 140 cm³/mol. The number of aryl methyl sites for hydroxylation is 1. The summed E-state index contributed by atoms with van der Waals surface area (Å²) in [5.41, 5.74) is 3.89. The van der Waals surface area contributed by atoms with Crippen molar-refractivity contribution in [3.8, 4) is 0 Å². The van der Waals surface area contributed by atoms with E-state index in [0.717, 1.165) is 63.1 Å². The molecule has 2 aromatic carbocycles. The lowest BCUT2D eigenvalue weighted by molar-refractivity contribution is 0.0951. The molecule has 1 aliphatic rings. The fourth-order valence-electron chi connectivity index (χ4n) is 4.54. The third-order valence-corrected chi connectivity index (χ3v) is 6.77. The summed E-state index contributed by atoms with van der Waals surface area (Å²) in [6.07, 6.45) is 3.90. The van der Waals surface area contributed by atoms with Crippen LogP contribution < -0.4 is 10.6 Å². The molecule has 0 saturated carbocycles. The molecule has 0 aliphatic carbocycles. The summed E-state index contributed by atoms with van der Waals surface area (Å²) in [6, 6.07) is 15.9. The summed E-state index contributed by atoms with van der Waals surface area (Å²) in [6.45, 7) is 11.6. The van der Waals surface area contributed by atoms with Crippen LogP contribution in [0, 0.1) is 0 Å². The largest absolute Gasteiger partial charge is 0.352 e. The number of nitrogens with zero attached hydrogens (tertiary/aromatic N) is 2. The quantitative estimate of drug-likeness (QED) is 0.480. The molecule has 0 spiro atoms. The van der Waals surface area contributed by atoms with Gasteiger partial charge < -0.3 is 20.4 Å². The Labute approximate surface area is 204 Å². The Bertz CT molecular complexity index is 924. The number of hydrogen-bond acceptors (Lipinski definition) is 3. The third-order valence-electron chi connectivity index (χ3n) is 6.77. The van der Waals surface area contributed by atoms with Gasteiger partial charge in [0.05, 0.1) is 0 Å². The lowest BCUT2D eigenvalue weighted by Crippen LogP contribution is -2.41. The fourth-order valence-corrected chi connectivity index (χ4v) is 4.54. The molecule has 1 unspecified atom stereocenters. The van der Waals surface area contributed by atoms with Crippen molar-refractivity contribution in [1.29, 1.82) is 0 Å². The van der Waals surface area contributed by atoms with Crippen LogP contribution >= 0.6 is 0 Å². The number of piperidine rings is 1. The van der Waals surface area contributed by atoms with E-state index >= 15 is 0 Å². The summed E-state index contributed by atoms with van der Waals surface area (Å²) < 4.78 is 0. The van der Waals surface area contributed by atoms with Crippen LogP contribution in [0.15, 0.2) is 48.5 Å². The second-order valence-electron chi connectivity index (χ2n) is 9.03. The third kappa shape index (κ3) is 7.32. The van der Waals surface area contributed by atoms with Gasteiger partial charge in [0, 0.05) is 36.8 Å². The SMILES string of the molecule is CCc1ccc(NC(=O)N2CCCC(c3cccc(C(=O)NCCCN(CC)CC)c3)C2)cc1. The molecular weight excluding hydrogens is 424 g/mol. The molecule has 0 radical (unpaired) electrons. The summed E-state index contributed by atoms with van der Waals surface area (Å²) in [5, 5.41) is 6.08. The van der Waals surface area contributed by atoms with Crippen molar-refractivity contribution in [3.63, 3.8) is 0 Å². The van der Waals surface area contributed by atoms with Crippen LogP contribution in [0.5, 0.6) is 0 Å². The molecule has 2 N–H and O–H groups in total. The standard InChI is InChI=1S/C28H40N4O2/c1-4-22-13-15-26(16-14-22)30-28(34)32-19-8-12-25(21-32)23-10-7-11-24(20-23)27(33)29-17-9-18-31(5-2)6-3/h7,10-11,13-16,20,25H,4-6,8-9,12,17-19,21H2,1-3H3,(H,29,33)(H,30,34). The molecule has 0 bridgehead atoms. The topological polar surface area (TPSA) is 64.7 Å². The molecular formula is C28H40N4O2. The van der Waals surface area contributed by atoms with E-state index in [2.05, 4.69) is 54.5 Å². The highest BCUT2D eigenvalue weighted by molar-refractivity contribution is 5.94. The van der Waals surface area contributed by atoms with E-state index in [9.17, 15) is 9.59 Å². The minimum atomic E-state index is -0.0592. The maximum absolute atomic E-state index is 12.9. The van der Waals surface area contributed by atoms with E-state index < -0.39 is 0 Å². The molecule has 6 heteroatoms. The van der Waals surface area contributed by atoms with Gasteiger partial charge >= 0.3 is 6.03 Å². The first kappa shape index (κ1) is 25.8. The molecule has 6 nitrogen and oxygen atoms in total. The minimum absolute atomic E-state index is 0.0256. The Morgan fingerprint density at radius 1 is 1.06 bits per heavy atom. The smallest absolute Gasteiger partial charge is 0.321 e. The van der Waals surface area contributed by atoms with E-state index in [1.807, 2.05) is 35.2 Å². The van der Waals surface area contributed by atoms with Gasteiger partial charge in [0.1, 0.15) is 0 Å². The fraction of sp³-hybridized carbons (Fsp3) is 0.500. The highest BCUT2D eigenvalue weighted by atomic mass is 16.2. The van der Waals surface area contributed by atoms with Crippen molar-refractivity contribution in [1.82, 2.24) is 15.1 Å². The Balaban J connectivity index is 1.54. The number of benzene rings is 2. The van der Waals surface area contributed by atoms with Gasteiger partial charge in [-0.15, -0.1) is 0 Å². The monoisotopic (exact) mass is 464 g/mol. The van der Waals surface area contributed by atoms with Crippen molar-refractivity contribution < 1.29 is 9.59 Å². The highest BCUT2D eigenvalue weighted by Gasteiger charge is 2.25. The Morgan fingerprint density at radius 2 is 1.82 bits per heavy atom. The molecule has 2 aromatic rings. The van der Waals surface area contributed by atoms with Gasteiger partial charge in [-0.2, -0.15) is 0 Å². The van der Waals surface area contributed by atoms with E-state index in [-0.39, 0.29) is 17.9 Å². The maximum Gasteiger partial charge on any atom is 0.321 e. The maximum atomic E-state index is 12.9. The van der Waals surface area contributed by atoms with Crippen molar-refractivity contribution in [2.75, 3.05) is 44.6 Å². The molecule has 1 heterocycles. The van der Waals surface area contributed by atoms with Gasteiger partial charge in [-0.3, -0.25) is 4.79 Å². The molecule has 3 rings (SSSR count). The summed E-state index contributed by atoms with van der Waals surface area (Å²) >= 11 is 0. The number of nitrogens with one attached hydrogen (secondary N) is 2.